The zero-order chi connectivity index (χ0) is 14.8. The number of aromatic nitrogens is 1. The van der Waals surface area contributed by atoms with Gasteiger partial charge in [0, 0.05) is 12.3 Å². The second-order valence-electron chi connectivity index (χ2n) is 5.69. The lowest BCUT2D eigenvalue weighted by Gasteiger charge is -2.16. The maximum atomic E-state index is 11.7. The Morgan fingerprint density at radius 2 is 1.90 bits per heavy atom. The molecule has 2 aromatic rings. The Balaban J connectivity index is 2.19. The molecular formula is C16H19NO2S. The van der Waals surface area contributed by atoms with Gasteiger partial charge in [-0.15, -0.1) is 11.3 Å². The average Bonchev–Trinajstić information content (AvgIpc) is 2.82. The molecule has 0 N–H and O–H groups in total. The smallest absolute Gasteiger partial charge is 0.171 e. The molecule has 20 heavy (non-hydrogen) atoms. The van der Waals surface area contributed by atoms with Crippen LogP contribution >= 0.6 is 11.3 Å². The minimum atomic E-state index is -0.136. The third kappa shape index (κ3) is 3.45. The number of ether oxygens (including phenoxy) is 1. The summed E-state index contributed by atoms with van der Waals surface area (Å²) in [5, 5.41) is 0.837. The van der Waals surface area contributed by atoms with Crippen LogP contribution < -0.4 is 4.74 Å². The van der Waals surface area contributed by atoms with Gasteiger partial charge in [0.25, 0.3) is 0 Å². The van der Waals surface area contributed by atoms with Gasteiger partial charge in [0.05, 0.1) is 10.6 Å². The molecule has 1 heterocycles. The van der Waals surface area contributed by atoms with Crippen LogP contribution in [0.5, 0.6) is 5.75 Å². The highest BCUT2D eigenvalue weighted by Gasteiger charge is 2.25. The number of rotatable bonds is 4. The molecule has 3 nitrogen and oxygen atoms in total. The number of hydrogen-bond donors (Lipinski definition) is 0. The average molecular weight is 289 g/mol. The van der Waals surface area contributed by atoms with Crippen molar-refractivity contribution < 1.29 is 9.53 Å². The van der Waals surface area contributed by atoms with E-state index in [0.29, 0.717) is 6.61 Å². The van der Waals surface area contributed by atoms with E-state index < -0.39 is 0 Å². The van der Waals surface area contributed by atoms with E-state index in [9.17, 15) is 4.79 Å². The first-order chi connectivity index (χ1) is 9.38. The molecule has 0 unspecified atom stereocenters. The predicted octanol–water partition coefficient (Wildman–Crippen LogP) is 4.22. The number of benzene rings is 1. The van der Waals surface area contributed by atoms with Crippen LogP contribution in [0.4, 0.5) is 0 Å². The lowest BCUT2D eigenvalue weighted by atomic mass is 9.91. The molecule has 0 spiro atoms. The van der Waals surface area contributed by atoms with Gasteiger partial charge in [-0.25, -0.2) is 4.98 Å². The highest BCUT2D eigenvalue weighted by Crippen LogP contribution is 2.30. The van der Waals surface area contributed by atoms with Crippen LogP contribution in [-0.4, -0.2) is 10.8 Å². The highest BCUT2D eigenvalue weighted by atomic mass is 32.1. The van der Waals surface area contributed by atoms with Crippen LogP contribution in [0.25, 0.3) is 0 Å². The maximum Gasteiger partial charge on any atom is 0.171 e. The summed E-state index contributed by atoms with van der Waals surface area (Å²) >= 11 is 1.43. The Morgan fingerprint density at radius 1 is 1.25 bits per heavy atom. The number of carbonyl (C=O) groups is 1. The molecule has 0 aliphatic rings. The molecule has 0 radical (unpaired) electrons. The molecule has 2 rings (SSSR count). The lowest BCUT2D eigenvalue weighted by Crippen LogP contribution is -2.15. The minimum absolute atomic E-state index is 0.0680. The maximum absolute atomic E-state index is 11.7. The molecule has 0 bridgehead atoms. The van der Waals surface area contributed by atoms with Crippen molar-refractivity contribution in [1.82, 2.24) is 4.98 Å². The van der Waals surface area contributed by atoms with Gasteiger partial charge in [0.1, 0.15) is 17.4 Å². The summed E-state index contributed by atoms with van der Waals surface area (Å²) in [7, 11) is 0. The van der Waals surface area contributed by atoms with Gasteiger partial charge in [-0.2, -0.15) is 0 Å². The Kier molecular flexibility index (Phi) is 4.23. The Hall–Kier alpha value is -1.68. The number of ketones is 1. The van der Waals surface area contributed by atoms with Crippen LogP contribution in [0.3, 0.4) is 0 Å². The minimum Gasteiger partial charge on any atom is -0.486 e. The third-order valence-corrected chi connectivity index (χ3v) is 3.94. The van der Waals surface area contributed by atoms with Gasteiger partial charge >= 0.3 is 0 Å². The van der Waals surface area contributed by atoms with Crippen molar-refractivity contribution in [2.45, 2.75) is 39.7 Å². The SMILES string of the molecule is CC(=O)c1sc(COc2ccccc2)nc1C(C)(C)C. The normalized spacial score (nSPS) is 11.4. The largest absolute Gasteiger partial charge is 0.486 e. The first-order valence-electron chi connectivity index (χ1n) is 6.57. The summed E-state index contributed by atoms with van der Waals surface area (Å²) in [6.45, 7) is 8.18. The number of nitrogens with zero attached hydrogens (tertiary/aromatic N) is 1. The van der Waals surface area contributed by atoms with E-state index in [2.05, 4.69) is 25.8 Å². The molecule has 0 fully saturated rings. The molecule has 1 aromatic heterocycles. The van der Waals surface area contributed by atoms with Crippen molar-refractivity contribution in [3.63, 3.8) is 0 Å². The second-order valence-corrected chi connectivity index (χ2v) is 6.78. The molecule has 0 atom stereocenters. The van der Waals surface area contributed by atoms with E-state index in [1.165, 1.54) is 11.3 Å². The molecule has 0 saturated carbocycles. The third-order valence-electron chi connectivity index (χ3n) is 2.81. The van der Waals surface area contributed by atoms with Crippen molar-refractivity contribution in [2.24, 2.45) is 0 Å². The Labute approximate surface area is 123 Å². The number of para-hydroxylation sites is 1. The Bertz CT molecular complexity index is 597. The number of hydrogen-bond acceptors (Lipinski definition) is 4. The molecule has 0 amide bonds. The van der Waals surface area contributed by atoms with Gasteiger partial charge < -0.3 is 4.74 Å². The van der Waals surface area contributed by atoms with Crippen LogP contribution in [0.1, 0.15) is 48.1 Å². The number of thiazole rings is 1. The summed E-state index contributed by atoms with van der Waals surface area (Å²) in [4.78, 5) is 17.1. The summed E-state index contributed by atoms with van der Waals surface area (Å²) in [5.41, 5.74) is 0.726. The van der Waals surface area contributed by atoms with Crippen molar-refractivity contribution in [3.05, 3.63) is 45.9 Å². The summed E-state index contributed by atoms with van der Waals surface area (Å²) in [5.74, 6) is 0.878. The molecular weight excluding hydrogens is 270 g/mol. The molecule has 0 aliphatic carbocycles. The zero-order valence-corrected chi connectivity index (χ0v) is 13.1. The topological polar surface area (TPSA) is 39.2 Å². The van der Waals surface area contributed by atoms with Crippen LogP contribution in [0.2, 0.25) is 0 Å². The standard InChI is InChI=1S/C16H19NO2S/c1-11(18)14-15(16(2,3)4)17-13(20-14)10-19-12-8-6-5-7-9-12/h5-9H,10H2,1-4H3. The monoisotopic (exact) mass is 289 g/mol. The van der Waals surface area contributed by atoms with E-state index >= 15 is 0 Å². The van der Waals surface area contributed by atoms with E-state index in [-0.39, 0.29) is 11.2 Å². The lowest BCUT2D eigenvalue weighted by molar-refractivity contribution is 0.101. The molecule has 0 aliphatic heterocycles. The first-order valence-corrected chi connectivity index (χ1v) is 7.38. The quantitative estimate of drug-likeness (QED) is 0.791. The fraction of sp³-hybridized carbons (Fsp3) is 0.375. The van der Waals surface area contributed by atoms with E-state index in [0.717, 1.165) is 21.3 Å². The summed E-state index contributed by atoms with van der Waals surface area (Å²) in [6.07, 6.45) is 0. The van der Waals surface area contributed by atoms with Crippen molar-refractivity contribution in [1.29, 1.82) is 0 Å². The first kappa shape index (κ1) is 14.7. The van der Waals surface area contributed by atoms with E-state index in [1.54, 1.807) is 6.92 Å². The van der Waals surface area contributed by atoms with Gasteiger partial charge in [-0.3, -0.25) is 4.79 Å². The molecule has 1 aromatic carbocycles. The zero-order valence-electron chi connectivity index (χ0n) is 12.3. The Morgan fingerprint density at radius 3 is 2.40 bits per heavy atom. The molecule has 106 valence electrons. The number of carbonyl (C=O) groups excluding carboxylic acids is 1. The van der Waals surface area contributed by atoms with Crippen molar-refractivity contribution in [2.75, 3.05) is 0 Å². The molecule has 0 saturated heterocycles. The van der Waals surface area contributed by atoms with Gasteiger partial charge in [-0.05, 0) is 12.1 Å². The van der Waals surface area contributed by atoms with Crippen molar-refractivity contribution >= 4 is 17.1 Å². The summed E-state index contributed by atoms with van der Waals surface area (Å²) in [6, 6.07) is 9.62. The van der Waals surface area contributed by atoms with Gasteiger partial charge in [0.2, 0.25) is 0 Å². The fourth-order valence-electron chi connectivity index (χ4n) is 1.83. The fourth-order valence-corrected chi connectivity index (χ4v) is 2.92. The highest BCUT2D eigenvalue weighted by molar-refractivity contribution is 7.13. The van der Waals surface area contributed by atoms with Crippen molar-refractivity contribution in [3.8, 4) is 5.75 Å². The van der Waals surface area contributed by atoms with E-state index in [4.69, 9.17) is 4.74 Å². The van der Waals surface area contributed by atoms with Crippen LogP contribution in [0, 0.1) is 0 Å². The van der Waals surface area contributed by atoms with Gasteiger partial charge in [0.15, 0.2) is 5.78 Å². The van der Waals surface area contributed by atoms with Crippen LogP contribution in [0.15, 0.2) is 30.3 Å². The number of Topliss-reactive ketones (excluding diaryl/α,β-unsaturated/α-hetero) is 1. The summed E-state index contributed by atoms with van der Waals surface area (Å²) < 4.78 is 5.69. The van der Waals surface area contributed by atoms with E-state index in [1.807, 2.05) is 30.3 Å². The predicted molar refractivity (Wildman–Crippen MR) is 81.6 cm³/mol. The second kappa shape index (κ2) is 5.75. The van der Waals surface area contributed by atoms with Gasteiger partial charge in [-0.1, -0.05) is 39.0 Å². The molecule has 4 heteroatoms. The van der Waals surface area contributed by atoms with Crippen LogP contribution in [-0.2, 0) is 12.0 Å².